The Morgan fingerprint density at radius 1 is 0.929 bits per heavy atom. The highest BCUT2D eigenvalue weighted by Gasteiger charge is 2.28. The van der Waals surface area contributed by atoms with E-state index in [9.17, 15) is 8.42 Å². The molecular weight excluding hydrogens is 374 g/mol. The number of rotatable bonds is 5. The molecule has 2 heterocycles. The van der Waals surface area contributed by atoms with Gasteiger partial charge in [0.15, 0.2) is 0 Å². The van der Waals surface area contributed by atoms with Gasteiger partial charge in [-0.25, -0.2) is 8.42 Å². The van der Waals surface area contributed by atoms with Crippen molar-refractivity contribution in [2.24, 2.45) is 0 Å². The van der Waals surface area contributed by atoms with Gasteiger partial charge in [-0.05, 0) is 36.4 Å². The van der Waals surface area contributed by atoms with Gasteiger partial charge in [0, 0.05) is 38.1 Å². The third-order valence-corrected chi connectivity index (χ3v) is 6.98. The van der Waals surface area contributed by atoms with Crippen molar-refractivity contribution in [1.29, 1.82) is 0 Å². The number of piperazine rings is 1. The van der Waals surface area contributed by atoms with E-state index in [0.717, 1.165) is 23.1 Å². The molecule has 0 saturated carbocycles. The molecule has 0 radical (unpaired) electrons. The lowest BCUT2D eigenvalue weighted by atomic mass is 10.2. The Kier molecular flexibility index (Phi) is 5.30. The molecule has 1 fully saturated rings. The standard InChI is InChI=1S/C21H23N3O3S/c1-27-19-8-10-20(11-9-19)28(25,26)24-14-12-23(13-15-24)16-18-7-6-17-4-2-3-5-21(17)22-18/h2-11H,12-16H2,1H3. The first kappa shape index (κ1) is 18.9. The molecule has 7 heteroatoms. The fourth-order valence-electron chi connectivity index (χ4n) is 3.45. The highest BCUT2D eigenvalue weighted by Crippen LogP contribution is 2.21. The minimum Gasteiger partial charge on any atom is -0.497 e. The van der Waals surface area contributed by atoms with Crippen molar-refractivity contribution in [3.05, 3.63) is 66.4 Å². The second-order valence-corrected chi connectivity index (χ2v) is 8.79. The Morgan fingerprint density at radius 3 is 2.36 bits per heavy atom. The molecule has 146 valence electrons. The molecule has 1 aliphatic heterocycles. The molecule has 0 aliphatic carbocycles. The Bertz CT molecular complexity index is 1060. The first-order chi connectivity index (χ1) is 13.6. The highest BCUT2D eigenvalue weighted by molar-refractivity contribution is 7.89. The van der Waals surface area contributed by atoms with Crippen LogP contribution in [0.2, 0.25) is 0 Å². The van der Waals surface area contributed by atoms with Crippen molar-refractivity contribution in [2.45, 2.75) is 11.4 Å². The summed E-state index contributed by atoms with van der Waals surface area (Å²) in [5, 5.41) is 1.13. The lowest BCUT2D eigenvalue weighted by molar-refractivity contribution is 0.180. The Morgan fingerprint density at radius 2 is 1.64 bits per heavy atom. The number of hydrogen-bond acceptors (Lipinski definition) is 5. The van der Waals surface area contributed by atoms with Crippen LogP contribution >= 0.6 is 0 Å². The van der Waals surface area contributed by atoms with E-state index in [2.05, 4.69) is 17.0 Å². The van der Waals surface area contributed by atoms with Crippen LogP contribution in [-0.2, 0) is 16.6 Å². The molecule has 0 amide bonds. The summed E-state index contributed by atoms with van der Waals surface area (Å²) in [6, 6.07) is 18.7. The Labute approximate surface area is 165 Å². The minimum atomic E-state index is -3.48. The fourth-order valence-corrected chi connectivity index (χ4v) is 4.87. The van der Waals surface area contributed by atoms with E-state index in [1.54, 1.807) is 35.7 Å². The number of ether oxygens (including phenoxy) is 1. The van der Waals surface area contributed by atoms with Gasteiger partial charge in [0.2, 0.25) is 10.0 Å². The summed E-state index contributed by atoms with van der Waals surface area (Å²) in [6.45, 7) is 3.04. The topological polar surface area (TPSA) is 62.7 Å². The summed E-state index contributed by atoms with van der Waals surface area (Å²) in [5.74, 6) is 0.645. The number of para-hydroxylation sites is 1. The van der Waals surface area contributed by atoms with Crippen LogP contribution in [0, 0.1) is 0 Å². The molecule has 0 atom stereocenters. The number of fused-ring (bicyclic) bond motifs is 1. The first-order valence-electron chi connectivity index (χ1n) is 9.27. The van der Waals surface area contributed by atoms with Crippen molar-refractivity contribution in [3.63, 3.8) is 0 Å². The van der Waals surface area contributed by atoms with E-state index in [0.29, 0.717) is 36.8 Å². The van der Waals surface area contributed by atoms with Crippen LogP contribution in [0.15, 0.2) is 65.6 Å². The second kappa shape index (κ2) is 7.87. The predicted molar refractivity (Wildman–Crippen MR) is 109 cm³/mol. The number of methoxy groups -OCH3 is 1. The number of aromatic nitrogens is 1. The molecule has 0 unspecified atom stereocenters. The second-order valence-electron chi connectivity index (χ2n) is 6.85. The van der Waals surface area contributed by atoms with Gasteiger partial charge in [-0.1, -0.05) is 24.3 Å². The van der Waals surface area contributed by atoms with E-state index in [-0.39, 0.29) is 0 Å². The van der Waals surface area contributed by atoms with Crippen LogP contribution in [0.3, 0.4) is 0 Å². The normalized spacial score (nSPS) is 16.3. The summed E-state index contributed by atoms with van der Waals surface area (Å²) in [4.78, 5) is 7.27. The van der Waals surface area contributed by atoms with E-state index >= 15 is 0 Å². The predicted octanol–water partition coefficient (Wildman–Crippen LogP) is 2.75. The lowest BCUT2D eigenvalue weighted by Crippen LogP contribution is -2.48. The van der Waals surface area contributed by atoms with Crippen molar-refractivity contribution < 1.29 is 13.2 Å². The number of benzene rings is 2. The summed E-state index contributed by atoms with van der Waals surface area (Å²) in [7, 11) is -1.91. The molecule has 2 aromatic carbocycles. The minimum absolute atomic E-state index is 0.304. The molecule has 4 rings (SSSR count). The summed E-state index contributed by atoms with van der Waals surface area (Å²) in [6.07, 6.45) is 0. The number of hydrogen-bond donors (Lipinski definition) is 0. The van der Waals surface area contributed by atoms with Crippen LogP contribution in [0.1, 0.15) is 5.69 Å². The van der Waals surface area contributed by atoms with Gasteiger partial charge in [-0.3, -0.25) is 9.88 Å². The zero-order chi connectivity index (χ0) is 19.6. The van der Waals surface area contributed by atoms with E-state index in [4.69, 9.17) is 9.72 Å². The molecule has 1 aliphatic rings. The monoisotopic (exact) mass is 397 g/mol. The summed E-state index contributed by atoms with van der Waals surface area (Å²) in [5.41, 5.74) is 1.99. The molecule has 0 spiro atoms. The quantitative estimate of drug-likeness (QED) is 0.662. The maximum absolute atomic E-state index is 12.9. The fraction of sp³-hybridized carbons (Fsp3) is 0.286. The smallest absolute Gasteiger partial charge is 0.243 e. The van der Waals surface area contributed by atoms with Crippen LogP contribution in [-0.4, -0.2) is 55.9 Å². The van der Waals surface area contributed by atoms with Gasteiger partial charge in [0.05, 0.1) is 23.2 Å². The Balaban J connectivity index is 1.40. The van der Waals surface area contributed by atoms with E-state index < -0.39 is 10.0 Å². The third-order valence-electron chi connectivity index (χ3n) is 5.07. The van der Waals surface area contributed by atoms with Crippen LogP contribution in [0.25, 0.3) is 10.9 Å². The van der Waals surface area contributed by atoms with Gasteiger partial charge in [-0.15, -0.1) is 0 Å². The van der Waals surface area contributed by atoms with Crippen molar-refractivity contribution >= 4 is 20.9 Å². The van der Waals surface area contributed by atoms with Crippen molar-refractivity contribution in [3.8, 4) is 5.75 Å². The molecule has 28 heavy (non-hydrogen) atoms. The maximum atomic E-state index is 12.9. The summed E-state index contributed by atoms with van der Waals surface area (Å²) >= 11 is 0. The average molecular weight is 398 g/mol. The molecular formula is C21H23N3O3S. The van der Waals surface area contributed by atoms with Crippen LogP contribution < -0.4 is 4.74 Å². The van der Waals surface area contributed by atoms with Crippen LogP contribution in [0.4, 0.5) is 0 Å². The number of nitrogens with zero attached hydrogens (tertiary/aromatic N) is 3. The molecule has 0 N–H and O–H groups in total. The maximum Gasteiger partial charge on any atom is 0.243 e. The van der Waals surface area contributed by atoms with E-state index in [1.165, 1.54) is 0 Å². The lowest BCUT2D eigenvalue weighted by Gasteiger charge is -2.33. The zero-order valence-corrected chi connectivity index (χ0v) is 16.6. The third kappa shape index (κ3) is 3.87. The van der Waals surface area contributed by atoms with E-state index in [1.807, 2.05) is 24.3 Å². The highest BCUT2D eigenvalue weighted by atomic mass is 32.2. The molecule has 3 aromatic rings. The van der Waals surface area contributed by atoms with Gasteiger partial charge in [0.25, 0.3) is 0 Å². The number of pyridine rings is 1. The van der Waals surface area contributed by atoms with Gasteiger partial charge in [0.1, 0.15) is 5.75 Å². The van der Waals surface area contributed by atoms with Crippen molar-refractivity contribution in [2.75, 3.05) is 33.3 Å². The van der Waals surface area contributed by atoms with Crippen molar-refractivity contribution in [1.82, 2.24) is 14.2 Å². The van der Waals surface area contributed by atoms with Gasteiger partial charge in [-0.2, -0.15) is 4.31 Å². The molecule has 0 bridgehead atoms. The number of sulfonamides is 1. The van der Waals surface area contributed by atoms with Gasteiger partial charge < -0.3 is 4.74 Å². The molecule has 1 aromatic heterocycles. The Hall–Kier alpha value is -2.48. The van der Waals surface area contributed by atoms with Crippen LogP contribution in [0.5, 0.6) is 5.75 Å². The average Bonchev–Trinajstić information content (AvgIpc) is 2.74. The largest absolute Gasteiger partial charge is 0.497 e. The SMILES string of the molecule is COc1ccc(S(=O)(=O)N2CCN(Cc3ccc4ccccc4n3)CC2)cc1. The zero-order valence-electron chi connectivity index (χ0n) is 15.8. The first-order valence-corrected chi connectivity index (χ1v) is 10.7. The summed E-state index contributed by atoms with van der Waals surface area (Å²) < 4.78 is 32.4. The van der Waals surface area contributed by atoms with Gasteiger partial charge >= 0.3 is 0 Å². The molecule has 1 saturated heterocycles. The molecule has 6 nitrogen and oxygen atoms in total.